The Morgan fingerprint density at radius 1 is 1.26 bits per heavy atom. The van der Waals surface area contributed by atoms with E-state index in [4.69, 9.17) is 0 Å². The summed E-state index contributed by atoms with van der Waals surface area (Å²) in [4.78, 5) is 3.93. The lowest BCUT2D eigenvalue weighted by atomic mass is 10.0. The van der Waals surface area contributed by atoms with Gasteiger partial charge in [-0.3, -0.25) is 4.98 Å². The Hall–Kier alpha value is -1.17. The summed E-state index contributed by atoms with van der Waals surface area (Å²) in [5.41, 5.74) is 0.567. The van der Waals surface area contributed by atoms with E-state index in [1.54, 1.807) is 0 Å². The SMILES string of the molecule is CC(C)NC(CCCC(F)(F)F)c1ccc(F)cn1. The van der Waals surface area contributed by atoms with Gasteiger partial charge in [-0.05, 0) is 25.0 Å². The van der Waals surface area contributed by atoms with Crippen molar-refractivity contribution in [3.05, 3.63) is 29.8 Å². The number of alkyl halides is 3. The quantitative estimate of drug-likeness (QED) is 0.796. The predicted molar refractivity (Wildman–Crippen MR) is 65.1 cm³/mol. The molecule has 1 aromatic heterocycles. The highest BCUT2D eigenvalue weighted by Gasteiger charge is 2.27. The van der Waals surface area contributed by atoms with Gasteiger partial charge >= 0.3 is 6.18 Å². The number of aromatic nitrogens is 1. The maximum absolute atomic E-state index is 12.8. The third kappa shape index (κ3) is 6.52. The molecular formula is C13H18F4N2. The number of pyridine rings is 1. The average molecular weight is 278 g/mol. The summed E-state index contributed by atoms with van der Waals surface area (Å²) in [6.07, 6.45) is -3.54. The van der Waals surface area contributed by atoms with Gasteiger partial charge in [-0.2, -0.15) is 13.2 Å². The fourth-order valence-electron chi connectivity index (χ4n) is 1.82. The topological polar surface area (TPSA) is 24.9 Å². The first-order valence-corrected chi connectivity index (χ1v) is 6.22. The molecule has 0 aliphatic carbocycles. The van der Waals surface area contributed by atoms with Gasteiger partial charge in [0.1, 0.15) is 5.82 Å². The smallest absolute Gasteiger partial charge is 0.306 e. The molecule has 0 saturated carbocycles. The van der Waals surface area contributed by atoms with Gasteiger partial charge in [0.25, 0.3) is 0 Å². The average Bonchev–Trinajstić information content (AvgIpc) is 2.26. The van der Waals surface area contributed by atoms with Gasteiger partial charge in [0.15, 0.2) is 0 Å². The van der Waals surface area contributed by atoms with Gasteiger partial charge in [-0.25, -0.2) is 4.39 Å². The first-order valence-electron chi connectivity index (χ1n) is 6.22. The van der Waals surface area contributed by atoms with E-state index < -0.39 is 18.4 Å². The van der Waals surface area contributed by atoms with Crippen LogP contribution in [0.25, 0.3) is 0 Å². The number of nitrogens with zero attached hydrogens (tertiary/aromatic N) is 1. The third-order valence-corrected chi connectivity index (χ3v) is 2.59. The molecule has 0 aliphatic rings. The summed E-state index contributed by atoms with van der Waals surface area (Å²) >= 11 is 0. The molecule has 0 aromatic carbocycles. The van der Waals surface area contributed by atoms with Gasteiger partial charge in [0.2, 0.25) is 0 Å². The number of rotatable bonds is 6. The monoisotopic (exact) mass is 278 g/mol. The number of hydrogen-bond acceptors (Lipinski definition) is 2. The van der Waals surface area contributed by atoms with Gasteiger partial charge in [-0.15, -0.1) is 0 Å². The van der Waals surface area contributed by atoms with Crippen molar-refractivity contribution in [2.75, 3.05) is 0 Å². The summed E-state index contributed by atoms with van der Waals surface area (Å²) in [7, 11) is 0. The van der Waals surface area contributed by atoms with E-state index in [2.05, 4.69) is 10.3 Å². The van der Waals surface area contributed by atoms with Crippen molar-refractivity contribution in [2.45, 2.75) is 51.4 Å². The largest absolute Gasteiger partial charge is 0.389 e. The van der Waals surface area contributed by atoms with Crippen LogP contribution in [0.5, 0.6) is 0 Å². The molecule has 0 radical (unpaired) electrons. The van der Waals surface area contributed by atoms with Crippen molar-refractivity contribution >= 4 is 0 Å². The molecule has 1 atom stereocenters. The fraction of sp³-hybridized carbons (Fsp3) is 0.615. The van der Waals surface area contributed by atoms with Crippen LogP contribution in [-0.2, 0) is 0 Å². The van der Waals surface area contributed by atoms with Crippen LogP contribution in [0.2, 0.25) is 0 Å². The van der Waals surface area contributed by atoms with Crippen LogP contribution in [0.15, 0.2) is 18.3 Å². The molecule has 6 heteroatoms. The van der Waals surface area contributed by atoms with E-state index in [0.29, 0.717) is 12.1 Å². The molecule has 0 aliphatic heterocycles. The highest BCUT2D eigenvalue weighted by Crippen LogP contribution is 2.26. The molecule has 1 unspecified atom stereocenters. The normalized spacial score (nSPS) is 13.8. The zero-order valence-corrected chi connectivity index (χ0v) is 11.0. The summed E-state index contributed by atoms with van der Waals surface area (Å²) in [6.45, 7) is 3.81. The van der Waals surface area contributed by atoms with E-state index in [0.717, 1.165) is 6.20 Å². The van der Waals surface area contributed by atoms with Crippen molar-refractivity contribution in [3.8, 4) is 0 Å². The van der Waals surface area contributed by atoms with Crippen LogP contribution in [0.3, 0.4) is 0 Å². The summed E-state index contributed by atoms with van der Waals surface area (Å²) in [6, 6.07) is 2.59. The van der Waals surface area contributed by atoms with Gasteiger partial charge in [-0.1, -0.05) is 13.8 Å². The molecule has 108 valence electrons. The number of halogens is 4. The van der Waals surface area contributed by atoms with Crippen LogP contribution in [0, 0.1) is 5.82 Å². The molecule has 1 heterocycles. The molecule has 0 amide bonds. The van der Waals surface area contributed by atoms with Crippen molar-refractivity contribution in [3.63, 3.8) is 0 Å². The van der Waals surface area contributed by atoms with E-state index >= 15 is 0 Å². The molecule has 19 heavy (non-hydrogen) atoms. The summed E-state index contributed by atoms with van der Waals surface area (Å²) in [5, 5.41) is 3.15. The van der Waals surface area contributed by atoms with Gasteiger partial charge in [0, 0.05) is 18.5 Å². The second kappa shape index (κ2) is 6.84. The first kappa shape index (κ1) is 15.9. The van der Waals surface area contributed by atoms with Gasteiger partial charge < -0.3 is 5.32 Å². The fourth-order valence-corrected chi connectivity index (χ4v) is 1.82. The standard InChI is InChI=1S/C13H18F4N2/c1-9(2)19-12(4-3-7-13(15,16)17)11-6-5-10(14)8-18-11/h5-6,8-9,12,19H,3-4,7H2,1-2H3. The molecular weight excluding hydrogens is 260 g/mol. The Labute approximate surface area is 110 Å². The van der Waals surface area contributed by atoms with E-state index in [1.807, 2.05) is 13.8 Å². The van der Waals surface area contributed by atoms with Crippen LogP contribution >= 0.6 is 0 Å². The zero-order valence-electron chi connectivity index (χ0n) is 11.0. The van der Waals surface area contributed by atoms with Crippen LogP contribution < -0.4 is 5.32 Å². The second-order valence-corrected chi connectivity index (χ2v) is 4.78. The van der Waals surface area contributed by atoms with Crippen molar-refractivity contribution in [2.24, 2.45) is 0 Å². The molecule has 1 aromatic rings. The first-order chi connectivity index (χ1) is 8.78. The lowest BCUT2D eigenvalue weighted by Crippen LogP contribution is -2.29. The molecule has 0 fully saturated rings. The van der Waals surface area contributed by atoms with Crippen molar-refractivity contribution < 1.29 is 17.6 Å². The van der Waals surface area contributed by atoms with E-state index in [1.165, 1.54) is 12.1 Å². The Morgan fingerprint density at radius 2 is 1.95 bits per heavy atom. The van der Waals surface area contributed by atoms with Crippen molar-refractivity contribution in [1.29, 1.82) is 0 Å². The minimum absolute atomic E-state index is 0.0208. The van der Waals surface area contributed by atoms with E-state index in [-0.39, 0.29) is 18.5 Å². The number of nitrogens with one attached hydrogen (secondary N) is 1. The number of hydrogen-bond donors (Lipinski definition) is 1. The minimum Gasteiger partial charge on any atom is -0.306 e. The molecule has 0 spiro atoms. The molecule has 1 N–H and O–H groups in total. The lowest BCUT2D eigenvalue weighted by Gasteiger charge is -2.21. The zero-order chi connectivity index (χ0) is 14.5. The molecule has 2 nitrogen and oxygen atoms in total. The summed E-state index contributed by atoms with van der Waals surface area (Å²) < 4.78 is 49.2. The second-order valence-electron chi connectivity index (χ2n) is 4.78. The highest BCUT2D eigenvalue weighted by molar-refractivity contribution is 5.10. The molecule has 0 saturated heterocycles. The Kier molecular flexibility index (Phi) is 5.72. The Balaban J connectivity index is 2.64. The highest BCUT2D eigenvalue weighted by atomic mass is 19.4. The Bertz CT molecular complexity index is 373. The third-order valence-electron chi connectivity index (χ3n) is 2.59. The van der Waals surface area contributed by atoms with Crippen LogP contribution in [0.4, 0.5) is 17.6 Å². The maximum Gasteiger partial charge on any atom is 0.389 e. The van der Waals surface area contributed by atoms with Crippen LogP contribution in [0.1, 0.15) is 44.8 Å². The molecule has 0 bridgehead atoms. The summed E-state index contributed by atoms with van der Waals surface area (Å²) in [5.74, 6) is -0.456. The van der Waals surface area contributed by atoms with E-state index in [9.17, 15) is 17.6 Å². The predicted octanol–water partition coefficient (Wildman–Crippen LogP) is 3.99. The van der Waals surface area contributed by atoms with Crippen molar-refractivity contribution in [1.82, 2.24) is 10.3 Å². The van der Waals surface area contributed by atoms with Crippen LogP contribution in [-0.4, -0.2) is 17.2 Å². The molecule has 1 rings (SSSR count). The Morgan fingerprint density at radius 3 is 2.42 bits per heavy atom. The van der Waals surface area contributed by atoms with Gasteiger partial charge in [0.05, 0.1) is 11.9 Å². The maximum atomic E-state index is 12.8. The minimum atomic E-state index is -4.14. The lowest BCUT2D eigenvalue weighted by molar-refractivity contribution is -0.135.